The number of nitrogens with zero attached hydrogens (tertiary/aromatic N) is 2. The van der Waals surface area contributed by atoms with Crippen molar-refractivity contribution in [2.75, 3.05) is 6.54 Å². The highest BCUT2D eigenvalue weighted by Gasteiger charge is 2.22. The molecule has 0 unspecified atom stereocenters. The summed E-state index contributed by atoms with van der Waals surface area (Å²) in [6, 6.07) is 2.48. The maximum Gasteiger partial charge on any atom is 0.254 e. The lowest BCUT2D eigenvalue weighted by molar-refractivity contribution is 0.236. The summed E-state index contributed by atoms with van der Waals surface area (Å²) in [5, 5.41) is 28.9. The van der Waals surface area contributed by atoms with Gasteiger partial charge in [0.2, 0.25) is 0 Å². The lowest BCUT2D eigenvalue weighted by Crippen LogP contribution is -2.35. The first-order valence-electron chi connectivity index (χ1n) is 7.93. The Hall–Kier alpha value is -2.54. The molecule has 0 saturated carbocycles. The molecule has 1 aliphatic rings. The number of aromatic hydroxyl groups is 3. The molecule has 0 fully saturated rings. The molecule has 0 bridgehead atoms. The van der Waals surface area contributed by atoms with Crippen LogP contribution >= 0.6 is 0 Å². The van der Waals surface area contributed by atoms with E-state index in [2.05, 4.69) is 9.97 Å². The number of phenolic OH excluding ortho intramolecular Hbond substituents is 3. The molecule has 1 aromatic heterocycles. The number of nitrogens with one attached hydrogen (secondary N) is 1. The number of H-pyrrole nitrogens is 1. The Balaban J connectivity index is 1.85. The lowest BCUT2D eigenvalue weighted by Gasteiger charge is -2.28. The van der Waals surface area contributed by atoms with Crippen LogP contribution < -0.4 is 5.56 Å². The fourth-order valence-corrected chi connectivity index (χ4v) is 2.90. The average molecular weight is 331 g/mol. The van der Waals surface area contributed by atoms with Crippen LogP contribution in [-0.4, -0.2) is 36.7 Å². The number of aromatic nitrogens is 2. The van der Waals surface area contributed by atoms with E-state index in [1.807, 2.05) is 18.7 Å². The van der Waals surface area contributed by atoms with Gasteiger partial charge in [0, 0.05) is 42.7 Å². The van der Waals surface area contributed by atoms with Crippen LogP contribution in [0.2, 0.25) is 0 Å². The number of rotatable bonds is 3. The number of benzene rings is 1. The summed E-state index contributed by atoms with van der Waals surface area (Å²) < 4.78 is 0. The smallest absolute Gasteiger partial charge is 0.254 e. The van der Waals surface area contributed by atoms with Crippen LogP contribution in [0.25, 0.3) is 0 Å². The van der Waals surface area contributed by atoms with Gasteiger partial charge in [0.25, 0.3) is 5.56 Å². The average Bonchev–Trinajstić information content (AvgIpc) is 2.52. The zero-order valence-electron chi connectivity index (χ0n) is 13.7. The predicted molar refractivity (Wildman–Crippen MR) is 88.2 cm³/mol. The molecular formula is C17H21N3O4. The number of phenols is 3. The fourth-order valence-electron chi connectivity index (χ4n) is 2.90. The normalized spacial score (nSPS) is 14.8. The molecule has 0 atom stereocenters. The Morgan fingerprint density at radius 1 is 1.21 bits per heavy atom. The Morgan fingerprint density at radius 3 is 2.62 bits per heavy atom. The molecule has 3 rings (SSSR count). The van der Waals surface area contributed by atoms with Crippen LogP contribution in [0, 0.1) is 0 Å². The van der Waals surface area contributed by atoms with E-state index in [0.717, 1.165) is 11.8 Å². The van der Waals surface area contributed by atoms with Crippen LogP contribution in [0.4, 0.5) is 0 Å². The molecule has 0 spiro atoms. The summed E-state index contributed by atoms with van der Waals surface area (Å²) in [7, 11) is 0. The number of fused-ring (bicyclic) bond motifs is 1. The molecule has 4 N–H and O–H groups in total. The van der Waals surface area contributed by atoms with Gasteiger partial charge < -0.3 is 20.3 Å². The van der Waals surface area contributed by atoms with Crippen LogP contribution in [0.3, 0.4) is 0 Å². The summed E-state index contributed by atoms with van der Waals surface area (Å²) in [4.78, 5) is 21.6. The van der Waals surface area contributed by atoms with Gasteiger partial charge in [0.05, 0.1) is 5.69 Å². The fraction of sp³-hybridized carbons (Fsp3) is 0.412. The van der Waals surface area contributed by atoms with Crippen molar-refractivity contribution in [2.45, 2.75) is 39.3 Å². The van der Waals surface area contributed by atoms with Gasteiger partial charge in [-0.1, -0.05) is 13.8 Å². The highest BCUT2D eigenvalue weighted by atomic mass is 16.3. The summed E-state index contributed by atoms with van der Waals surface area (Å²) in [5.74, 6) is 0.118. The van der Waals surface area contributed by atoms with E-state index in [-0.39, 0.29) is 28.7 Å². The maximum atomic E-state index is 12.2. The van der Waals surface area contributed by atoms with Crippen molar-refractivity contribution in [3.05, 3.63) is 45.1 Å². The van der Waals surface area contributed by atoms with E-state index in [9.17, 15) is 20.1 Å². The van der Waals surface area contributed by atoms with Gasteiger partial charge in [-0.3, -0.25) is 9.69 Å². The largest absolute Gasteiger partial charge is 0.507 e. The quantitative estimate of drug-likeness (QED) is 0.502. The molecule has 128 valence electrons. The van der Waals surface area contributed by atoms with Crippen molar-refractivity contribution in [2.24, 2.45) is 0 Å². The van der Waals surface area contributed by atoms with Gasteiger partial charge in [0.1, 0.15) is 11.6 Å². The Labute approximate surface area is 139 Å². The third-order valence-electron chi connectivity index (χ3n) is 4.29. The van der Waals surface area contributed by atoms with Crippen molar-refractivity contribution < 1.29 is 15.3 Å². The van der Waals surface area contributed by atoms with Crippen LogP contribution in [0.1, 0.15) is 42.4 Å². The van der Waals surface area contributed by atoms with Gasteiger partial charge in [-0.2, -0.15) is 0 Å². The summed E-state index contributed by atoms with van der Waals surface area (Å²) >= 11 is 0. The van der Waals surface area contributed by atoms with E-state index >= 15 is 0 Å². The molecule has 2 heterocycles. The van der Waals surface area contributed by atoms with Gasteiger partial charge in [-0.15, -0.1) is 0 Å². The topological polar surface area (TPSA) is 110 Å². The first-order valence-corrected chi connectivity index (χ1v) is 7.93. The Bertz CT molecular complexity index is 829. The first kappa shape index (κ1) is 16.3. The molecular weight excluding hydrogens is 310 g/mol. The molecule has 0 saturated heterocycles. The SMILES string of the molecule is CC(C)c1nc2c(c(=O)[nH]1)CCN(Cc1cc(O)c(O)cc1O)C2. The molecule has 7 heteroatoms. The Morgan fingerprint density at radius 2 is 1.92 bits per heavy atom. The van der Waals surface area contributed by atoms with Crippen LogP contribution in [0.5, 0.6) is 17.2 Å². The monoisotopic (exact) mass is 331 g/mol. The van der Waals surface area contributed by atoms with Crippen molar-refractivity contribution in [1.82, 2.24) is 14.9 Å². The Kier molecular flexibility index (Phi) is 4.19. The molecule has 0 amide bonds. The minimum absolute atomic E-state index is 0.0714. The second-order valence-electron chi connectivity index (χ2n) is 6.46. The van der Waals surface area contributed by atoms with E-state index in [0.29, 0.717) is 43.0 Å². The van der Waals surface area contributed by atoms with Gasteiger partial charge in [0.15, 0.2) is 11.5 Å². The second-order valence-corrected chi connectivity index (χ2v) is 6.46. The van der Waals surface area contributed by atoms with Crippen molar-refractivity contribution in [3.63, 3.8) is 0 Å². The number of hydrogen-bond acceptors (Lipinski definition) is 6. The molecule has 0 aliphatic carbocycles. The first-order chi connectivity index (χ1) is 11.3. The molecule has 7 nitrogen and oxygen atoms in total. The number of aromatic amines is 1. The molecule has 0 radical (unpaired) electrons. The van der Waals surface area contributed by atoms with Gasteiger partial charge >= 0.3 is 0 Å². The minimum Gasteiger partial charge on any atom is -0.507 e. The third kappa shape index (κ3) is 3.07. The summed E-state index contributed by atoms with van der Waals surface area (Å²) in [6.07, 6.45) is 0.584. The van der Waals surface area contributed by atoms with E-state index in [1.54, 1.807) is 0 Å². The minimum atomic E-state index is -0.352. The number of hydrogen-bond donors (Lipinski definition) is 4. The highest BCUT2D eigenvalue weighted by molar-refractivity contribution is 5.48. The maximum absolute atomic E-state index is 12.2. The highest BCUT2D eigenvalue weighted by Crippen LogP contribution is 2.33. The van der Waals surface area contributed by atoms with Gasteiger partial charge in [-0.25, -0.2) is 4.98 Å². The zero-order valence-corrected chi connectivity index (χ0v) is 13.7. The molecule has 1 aliphatic heterocycles. The summed E-state index contributed by atoms with van der Waals surface area (Å²) in [6.45, 7) is 5.50. The molecule has 1 aromatic carbocycles. The second kappa shape index (κ2) is 6.16. The standard InChI is InChI=1S/C17H21N3O4/c1-9(2)16-18-12-8-20(4-3-11(12)17(24)19-16)7-10-5-14(22)15(23)6-13(10)21/h5-6,9,21-23H,3-4,7-8H2,1-2H3,(H,18,19,24). The van der Waals surface area contributed by atoms with E-state index < -0.39 is 0 Å². The van der Waals surface area contributed by atoms with Crippen molar-refractivity contribution in [1.29, 1.82) is 0 Å². The molecule has 2 aromatic rings. The predicted octanol–water partition coefficient (Wildman–Crippen LogP) is 1.57. The van der Waals surface area contributed by atoms with Crippen LogP contribution in [-0.2, 0) is 19.5 Å². The lowest BCUT2D eigenvalue weighted by atomic mass is 10.0. The van der Waals surface area contributed by atoms with Gasteiger partial charge in [-0.05, 0) is 12.5 Å². The molecule has 24 heavy (non-hydrogen) atoms. The van der Waals surface area contributed by atoms with Crippen LogP contribution in [0.15, 0.2) is 16.9 Å². The van der Waals surface area contributed by atoms with Crippen molar-refractivity contribution in [3.8, 4) is 17.2 Å². The van der Waals surface area contributed by atoms with E-state index in [1.165, 1.54) is 6.07 Å². The third-order valence-corrected chi connectivity index (χ3v) is 4.29. The van der Waals surface area contributed by atoms with E-state index in [4.69, 9.17) is 0 Å². The zero-order chi connectivity index (χ0) is 17.4. The van der Waals surface area contributed by atoms with Crippen molar-refractivity contribution >= 4 is 0 Å². The summed E-state index contributed by atoms with van der Waals surface area (Å²) in [5.41, 5.74) is 1.92.